The molecule has 0 aliphatic carbocycles. The van der Waals surface area contributed by atoms with E-state index >= 15 is 0 Å². The first kappa shape index (κ1) is 14.9. The van der Waals surface area contributed by atoms with E-state index in [1.165, 1.54) is 11.8 Å². The third-order valence-electron chi connectivity index (χ3n) is 3.81. The molecule has 1 aromatic carbocycles. The average molecular weight is 318 g/mol. The van der Waals surface area contributed by atoms with Crippen LogP contribution in [0.25, 0.3) is 0 Å². The number of hydrogen-bond donors (Lipinski definition) is 0. The molecule has 0 bridgehead atoms. The minimum absolute atomic E-state index is 0.0159. The number of benzene rings is 1. The Bertz CT molecular complexity index is 607. The van der Waals surface area contributed by atoms with Gasteiger partial charge in [-0.1, -0.05) is 12.1 Å². The van der Waals surface area contributed by atoms with Gasteiger partial charge in [-0.25, -0.2) is 0 Å². The van der Waals surface area contributed by atoms with Crippen LogP contribution in [-0.4, -0.2) is 57.7 Å². The first-order chi connectivity index (χ1) is 10.8. The summed E-state index contributed by atoms with van der Waals surface area (Å²) in [6.45, 7) is 4.09. The minimum atomic E-state index is -0.0159. The van der Waals surface area contributed by atoms with Crippen LogP contribution in [0, 0.1) is 0 Å². The lowest BCUT2D eigenvalue weighted by molar-refractivity contribution is 0.0623. The molecule has 0 spiro atoms. The third-order valence-corrected chi connectivity index (χ3v) is 4.28. The van der Waals surface area contributed by atoms with E-state index in [9.17, 15) is 4.79 Å². The predicted molar refractivity (Wildman–Crippen MR) is 84.1 cm³/mol. The van der Waals surface area contributed by atoms with Gasteiger partial charge in [-0.3, -0.25) is 9.69 Å². The molecule has 2 aromatic rings. The predicted octanol–water partition coefficient (Wildman–Crippen LogP) is 1.50. The van der Waals surface area contributed by atoms with Gasteiger partial charge in [0.05, 0.1) is 25.0 Å². The molecular weight excluding hydrogens is 300 g/mol. The van der Waals surface area contributed by atoms with Crippen molar-refractivity contribution in [1.29, 1.82) is 0 Å². The molecule has 22 heavy (non-hydrogen) atoms. The topological polar surface area (TPSA) is 58.6 Å². The summed E-state index contributed by atoms with van der Waals surface area (Å²) < 4.78 is 13.1. The summed E-state index contributed by atoms with van der Waals surface area (Å²) in [5.41, 5.74) is 1.71. The highest BCUT2D eigenvalue weighted by Gasteiger charge is 2.23. The average Bonchev–Trinajstić information content (AvgIpc) is 3.10. The molecule has 0 N–H and O–H groups in total. The van der Waals surface area contributed by atoms with Crippen LogP contribution in [0.1, 0.15) is 16.1 Å². The van der Waals surface area contributed by atoms with Crippen molar-refractivity contribution in [2.75, 3.05) is 33.3 Å². The number of ether oxygens (including phenoxy) is 1. The number of rotatable bonds is 4. The Morgan fingerprint density at radius 3 is 2.55 bits per heavy atom. The largest absolute Gasteiger partial charge is 0.497 e. The molecular formula is C15H18N4O2S. The zero-order chi connectivity index (χ0) is 15.4. The van der Waals surface area contributed by atoms with E-state index in [1.807, 2.05) is 17.0 Å². The second-order valence-corrected chi connectivity index (χ2v) is 5.77. The zero-order valence-electron chi connectivity index (χ0n) is 12.4. The van der Waals surface area contributed by atoms with Gasteiger partial charge >= 0.3 is 0 Å². The first-order valence-electron chi connectivity index (χ1n) is 7.18. The van der Waals surface area contributed by atoms with E-state index in [1.54, 1.807) is 7.11 Å². The van der Waals surface area contributed by atoms with Crippen molar-refractivity contribution in [3.05, 3.63) is 41.7 Å². The summed E-state index contributed by atoms with van der Waals surface area (Å²) in [6.07, 6.45) is 1.54. The molecule has 1 saturated heterocycles. The molecule has 2 heterocycles. The summed E-state index contributed by atoms with van der Waals surface area (Å²) in [5.74, 6) is 0.855. The van der Waals surface area contributed by atoms with Gasteiger partial charge in [-0.05, 0) is 17.7 Å². The van der Waals surface area contributed by atoms with Crippen molar-refractivity contribution in [2.24, 2.45) is 0 Å². The van der Waals surface area contributed by atoms with Crippen molar-refractivity contribution < 1.29 is 9.53 Å². The fourth-order valence-electron chi connectivity index (χ4n) is 2.52. The highest BCUT2D eigenvalue weighted by Crippen LogP contribution is 2.14. The van der Waals surface area contributed by atoms with Crippen LogP contribution in [0.15, 0.2) is 30.5 Å². The Hall–Kier alpha value is -1.99. The lowest BCUT2D eigenvalue weighted by Crippen LogP contribution is -2.48. The summed E-state index contributed by atoms with van der Waals surface area (Å²) in [7, 11) is 1.67. The molecule has 3 rings (SSSR count). The molecule has 0 unspecified atom stereocenters. The normalized spacial score (nSPS) is 15.8. The maximum absolute atomic E-state index is 12.2. The quantitative estimate of drug-likeness (QED) is 0.855. The van der Waals surface area contributed by atoms with Gasteiger partial charge in [0.25, 0.3) is 5.91 Å². The van der Waals surface area contributed by atoms with E-state index in [-0.39, 0.29) is 5.91 Å². The van der Waals surface area contributed by atoms with Gasteiger partial charge in [-0.15, -0.1) is 0 Å². The Kier molecular flexibility index (Phi) is 4.65. The number of nitrogens with zero attached hydrogens (tertiary/aromatic N) is 4. The van der Waals surface area contributed by atoms with Crippen LogP contribution in [0.3, 0.4) is 0 Å². The van der Waals surface area contributed by atoms with Crippen LogP contribution < -0.4 is 4.74 Å². The van der Waals surface area contributed by atoms with Crippen molar-refractivity contribution in [3.8, 4) is 5.75 Å². The van der Waals surface area contributed by atoms with Gasteiger partial charge in [0, 0.05) is 32.7 Å². The van der Waals surface area contributed by atoms with Crippen LogP contribution in [0.4, 0.5) is 0 Å². The summed E-state index contributed by atoms with van der Waals surface area (Å²) >= 11 is 1.07. The number of amides is 1. The summed E-state index contributed by atoms with van der Waals surface area (Å²) in [5, 5.41) is 0. The van der Waals surface area contributed by atoms with E-state index in [4.69, 9.17) is 4.74 Å². The van der Waals surface area contributed by atoms with Crippen LogP contribution in [0.5, 0.6) is 5.75 Å². The van der Waals surface area contributed by atoms with Gasteiger partial charge < -0.3 is 9.64 Å². The standard InChI is InChI=1S/C15H18N4O2S/c1-21-13-4-2-12(3-5-13)11-18-6-8-19(9-7-18)15(20)14-10-16-22-17-14/h2-5,10H,6-9,11H2,1H3. The molecule has 116 valence electrons. The molecule has 7 heteroatoms. The van der Waals surface area contributed by atoms with Crippen LogP contribution >= 0.6 is 11.7 Å². The van der Waals surface area contributed by atoms with Crippen LogP contribution in [0.2, 0.25) is 0 Å². The number of carbonyl (C=O) groups is 1. The van der Waals surface area contributed by atoms with Gasteiger partial charge in [-0.2, -0.15) is 8.75 Å². The molecule has 1 amide bonds. The van der Waals surface area contributed by atoms with E-state index in [0.29, 0.717) is 5.69 Å². The molecule has 1 fully saturated rings. The number of hydrogen-bond acceptors (Lipinski definition) is 6. The Morgan fingerprint density at radius 2 is 1.95 bits per heavy atom. The smallest absolute Gasteiger partial charge is 0.275 e. The second kappa shape index (κ2) is 6.85. The van der Waals surface area contributed by atoms with Crippen LogP contribution in [-0.2, 0) is 6.54 Å². The number of piperazine rings is 1. The highest BCUT2D eigenvalue weighted by atomic mass is 32.1. The molecule has 0 atom stereocenters. The monoisotopic (exact) mass is 318 g/mol. The van der Waals surface area contributed by atoms with Crippen molar-refractivity contribution >= 4 is 17.6 Å². The van der Waals surface area contributed by atoms with Crippen molar-refractivity contribution in [2.45, 2.75) is 6.54 Å². The first-order valence-corrected chi connectivity index (χ1v) is 7.91. The number of carbonyl (C=O) groups excluding carboxylic acids is 1. The van der Waals surface area contributed by atoms with Crippen molar-refractivity contribution in [1.82, 2.24) is 18.5 Å². The van der Waals surface area contributed by atoms with E-state index < -0.39 is 0 Å². The molecule has 0 saturated carbocycles. The number of methoxy groups -OCH3 is 1. The minimum Gasteiger partial charge on any atom is -0.497 e. The van der Waals surface area contributed by atoms with Gasteiger partial charge in [0.1, 0.15) is 5.75 Å². The molecule has 0 radical (unpaired) electrons. The second-order valence-electron chi connectivity index (χ2n) is 5.21. The third kappa shape index (κ3) is 3.42. The Labute approximate surface area is 133 Å². The van der Waals surface area contributed by atoms with Gasteiger partial charge in [0.2, 0.25) is 0 Å². The maximum Gasteiger partial charge on any atom is 0.275 e. The maximum atomic E-state index is 12.2. The van der Waals surface area contributed by atoms with E-state index in [0.717, 1.165) is 50.2 Å². The fourth-order valence-corrected chi connectivity index (χ4v) is 2.93. The molecule has 1 aliphatic rings. The molecule has 1 aliphatic heterocycles. The molecule has 1 aromatic heterocycles. The highest BCUT2D eigenvalue weighted by molar-refractivity contribution is 6.99. The van der Waals surface area contributed by atoms with Gasteiger partial charge in [0.15, 0.2) is 5.69 Å². The lowest BCUT2D eigenvalue weighted by atomic mass is 10.2. The molecule has 6 nitrogen and oxygen atoms in total. The van der Waals surface area contributed by atoms with Crippen molar-refractivity contribution in [3.63, 3.8) is 0 Å². The Balaban J connectivity index is 1.52. The summed E-state index contributed by atoms with van der Waals surface area (Å²) in [4.78, 5) is 16.4. The lowest BCUT2D eigenvalue weighted by Gasteiger charge is -2.34. The fraction of sp³-hybridized carbons (Fsp3) is 0.400. The zero-order valence-corrected chi connectivity index (χ0v) is 13.3. The SMILES string of the molecule is COc1ccc(CN2CCN(C(=O)c3cnsn3)CC2)cc1. The van der Waals surface area contributed by atoms with E-state index in [2.05, 4.69) is 25.8 Å². The number of aromatic nitrogens is 2. The Morgan fingerprint density at radius 1 is 1.23 bits per heavy atom. The summed E-state index contributed by atoms with van der Waals surface area (Å²) in [6, 6.07) is 8.11.